The van der Waals surface area contributed by atoms with Gasteiger partial charge >= 0.3 is 0 Å². The van der Waals surface area contributed by atoms with Gasteiger partial charge in [-0.2, -0.15) is 0 Å². The van der Waals surface area contributed by atoms with E-state index in [0.29, 0.717) is 27.5 Å². The number of nitrogens with one attached hydrogen (secondary N) is 1. The molecule has 0 aliphatic heterocycles. The molecule has 0 aliphatic rings. The van der Waals surface area contributed by atoms with Crippen LogP contribution in [0.4, 0.5) is 0 Å². The second-order valence-corrected chi connectivity index (χ2v) is 7.07. The van der Waals surface area contributed by atoms with E-state index < -0.39 is 0 Å². The topological polar surface area (TPSA) is 76.5 Å². The Hall–Kier alpha value is -2.64. The fourth-order valence-electron chi connectivity index (χ4n) is 2.64. The number of fused-ring (bicyclic) bond motifs is 1. The maximum Gasteiger partial charge on any atom is 0.258 e. The molecule has 26 heavy (non-hydrogen) atoms. The lowest BCUT2D eigenvalue weighted by atomic mass is 10.2. The minimum atomic E-state index is -0.198. The molecular formula is C18H14ClN5OS. The Balaban J connectivity index is 1.58. The van der Waals surface area contributed by atoms with Crippen molar-refractivity contribution >= 4 is 34.3 Å². The summed E-state index contributed by atoms with van der Waals surface area (Å²) in [5, 5.41) is 10.3. The molecule has 0 unspecified atom stereocenters. The highest BCUT2D eigenvalue weighted by Gasteiger charge is 2.12. The van der Waals surface area contributed by atoms with Crippen molar-refractivity contribution in [3.05, 3.63) is 69.7 Å². The van der Waals surface area contributed by atoms with Crippen LogP contribution in [0.1, 0.15) is 5.82 Å². The summed E-state index contributed by atoms with van der Waals surface area (Å²) in [6.07, 6.45) is 0. The highest BCUT2D eigenvalue weighted by Crippen LogP contribution is 2.24. The third kappa shape index (κ3) is 3.23. The lowest BCUT2D eigenvalue weighted by Gasteiger charge is -2.05. The minimum absolute atomic E-state index is 0.198. The summed E-state index contributed by atoms with van der Waals surface area (Å²) in [4.78, 5) is 19.5. The van der Waals surface area contributed by atoms with Crippen LogP contribution in [0.3, 0.4) is 0 Å². The fraction of sp³-hybridized carbons (Fsp3) is 0.111. The minimum Gasteiger partial charge on any atom is -0.309 e. The first-order valence-electron chi connectivity index (χ1n) is 7.88. The smallest absolute Gasteiger partial charge is 0.258 e. The summed E-state index contributed by atoms with van der Waals surface area (Å²) in [7, 11) is 1.92. The summed E-state index contributed by atoms with van der Waals surface area (Å²) in [5.41, 5.74) is 1.43. The van der Waals surface area contributed by atoms with Crippen molar-refractivity contribution < 1.29 is 0 Å². The van der Waals surface area contributed by atoms with Crippen LogP contribution in [0.25, 0.3) is 22.3 Å². The third-order valence-electron chi connectivity index (χ3n) is 3.92. The van der Waals surface area contributed by atoms with E-state index in [4.69, 9.17) is 11.6 Å². The fourth-order valence-corrected chi connectivity index (χ4v) is 3.59. The number of aromatic nitrogens is 5. The molecule has 0 radical (unpaired) electrons. The number of benzene rings is 2. The predicted molar refractivity (Wildman–Crippen MR) is 103 cm³/mol. The van der Waals surface area contributed by atoms with Gasteiger partial charge in [-0.3, -0.25) is 4.79 Å². The van der Waals surface area contributed by atoms with E-state index in [1.54, 1.807) is 18.2 Å². The molecule has 4 rings (SSSR count). The van der Waals surface area contributed by atoms with Crippen molar-refractivity contribution in [2.24, 2.45) is 7.05 Å². The maximum absolute atomic E-state index is 12.2. The van der Waals surface area contributed by atoms with Crippen LogP contribution < -0.4 is 5.56 Å². The van der Waals surface area contributed by atoms with Gasteiger partial charge in [-0.15, -0.1) is 10.2 Å². The molecule has 0 saturated heterocycles. The average molecular weight is 384 g/mol. The quantitative estimate of drug-likeness (QED) is 0.544. The van der Waals surface area contributed by atoms with Gasteiger partial charge in [0.2, 0.25) is 0 Å². The molecular weight excluding hydrogens is 370 g/mol. The van der Waals surface area contributed by atoms with Crippen LogP contribution in [-0.4, -0.2) is 24.7 Å². The number of halogens is 1. The normalized spacial score (nSPS) is 11.2. The molecule has 2 aromatic carbocycles. The van der Waals surface area contributed by atoms with Crippen molar-refractivity contribution in [2.45, 2.75) is 10.9 Å². The third-order valence-corrected chi connectivity index (χ3v) is 5.19. The van der Waals surface area contributed by atoms with Gasteiger partial charge in [-0.1, -0.05) is 53.7 Å². The zero-order valence-corrected chi connectivity index (χ0v) is 15.4. The van der Waals surface area contributed by atoms with E-state index in [1.165, 1.54) is 11.8 Å². The largest absolute Gasteiger partial charge is 0.309 e. The van der Waals surface area contributed by atoms with E-state index in [2.05, 4.69) is 20.2 Å². The zero-order valence-electron chi connectivity index (χ0n) is 13.8. The summed E-state index contributed by atoms with van der Waals surface area (Å²) in [6.45, 7) is 0. The molecule has 8 heteroatoms. The van der Waals surface area contributed by atoms with Crippen LogP contribution in [0.2, 0.25) is 5.02 Å². The van der Waals surface area contributed by atoms with Gasteiger partial charge < -0.3 is 9.55 Å². The molecule has 6 nitrogen and oxygen atoms in total. The number of rotatable bonds is 4. The first-order valence-corrected chi connectivity index (χ1v) is 9.24. The summed E-state index contributed by atoms with van der Waals surface area (Å²) in [6, 6.07) is 15.0. The van der Waals surface area contributed by atoms with E-state index in [0.717, 1.165) is 16.5 Å². The first kappa shape index (κ1) is 16.8. The van der Waals surface area contributed by atoms with E-state index in [9.17, 15) is 4.79 Å². The summed E-state index contributed by atoms with van der Waals surface area (Å²) in [5.74, 6) is 1.86. The highest BCUT2D eigenvalue weighted by atomic mass is 35.5. The van der Waals surface area contributed by atoms with E-state index in [-0.39, 0.29) is 5.56 Å². The number of aromatic amines is 1. The van der Waals surface area contributed by atoms with Crippen molar-refractivity contribution in [3.63, 3.8) is 0 Å². The number of hydrogen-bond donors (Lipinski definition) is 1. The molecule has 1 N–H and O–H groups in total. The SMILES string of the molecule is Cn1c(SCc2nc3ccc(Cl)cc3c(=O)[nH]2)nnc1-c1ccccc1. The molecule has 0 fully saturated rings. The number of H-pyrrole nitrogens is 1. The number of hydrogen-bond acceptors (Lipinski definition) is 5. The molecule has 2 aromatic heterocycles. The molecule has 2 heterocycles. The second kappa shape index (κ2) is 6.93. The number of thioether (sulfide) groups is 1. The van der Waals surface area contributed by atoms with Crippen molar-refractivity contribution in [1.82, 2.24) is 24.7 Å². The lowest BCUT2D eigenvalue weighted by Crippen LogP contribution is -2.11. The van der Waals surface area contributed by atoms with E-state index >= 15 is 0 Å². The Morgan fingerprint density at radius 1 is 1.15 bits per heavy atom. The summed E-state index contributed by atoms with van der Waals surface area (Å²) < 4.78 is 1.93. The molecule has 0 atom stereocenters. The van der Waals surface area contributed by atoms with Gasteiger partial charge in [-0.05, 0) is 18.2 Å². The van der Waals surface area contributed by atoms with E-state index in [1.807, 2.05) is 41.9 Å². The van der Waals surface area contributed by atoms with Gasteiger partial charge in [-0.25, -0.2) is 4.98 Å². The highest BCUT2D eigenvalue weighted by molar-refractivity contribution is 7.98. The maximum atomic E-state index is 12.2. The Morgan fingerprint density at radius 2 is 1.96 bits per heavy atom. The standard InChI is InChI=1S/C18H14ClN5OS/c1-24-16(11-5-3-2-4-6-11)22-23-18(24)26-10-15-20-14-8-7-12(19)9-13(14)17(25)21-15/h2-9H,10H2,1H3,(H,20,21,25). The Labute approximate surface area is 158 Å². The van der Waals surface area contributed by atoms with Gasteiger partial charge in [0.05, 0.1) is 16.7 Å². The average Bonchev–Trinajstić information content (AvgIpc) is 3.02. The van der Waals surface area contributed by atoms with Gasteiger partial charge in [0.1, 0.15) is 5.82 Å². The zero-order chi connectivity index (χ0) is 18.1. The number of nitrogens with zero attached hydrogens (tertiary/aromatic N) is 4. The molecule has 4 aromatic rings. The van der Waals surface area contributed by atoms with Gasteiger partial charge in [0.15, 0.2) is 11.0 Å². The van der Waals surface area contributed by atoms with Gasteiger partial charge in [0.25, 0.3) is 5.56 Å². The van der Waals surface area contributed by atoms with Crippen LogP contribution in [0.15, 0.2) is 58.5 Å². The molecule has 0 amide bonds. The predicted octanol–water partition coefficient (Wildman–Crippen LogP) is 3.66. The summed E-state index contributed by atoms with van der Waals surface area (Å²) >= 11 is 7.41. The Kier molecular flexibility index (Phi) is 4.48. The second-order valence-electron chi connectivity index (χ2n) is 5.69. The van der Waals surface area contributed by atoms with Crippen molar-refractivity contribution in [3.8, 4) is 11.4 Å². The molecule has 0 spiro atoms. The molecule has 0 saturated carbocycles. The Morgan fingerprint density at radius 3 is 2.77 bits per heavy atom. The van der Waals surface area contributed by atoms with Crippen LogP contribution in [0, 0.1) is 0 Å². The molecule has 0 aliphatic carbocycles. The van der Waals surface area contributed by atoms with Crippen LogP contribution >= 0.6 is 23.4 Å². The molecule has 130 valence electrons. The lowest BCUT2D eigenvalue weighted by molar-refractivity contribution is 0.793. The van der Waals surface area contributed by atoms with Crippen molar-refractivity contribution in [1.29, 1.82) is 0 Å². The first-order chi connectivity index (χ1) is 12.6. The van der Waals surface area contributed by atoms with Crippen LogP contribution in [-0.2, 0) is 12.8 Å². The van der Waals surface area contributed by atoms with Crippen LogP contribution in [0.5, 0.6) is 0 Å². The van der Waals surface area contributed by atoms with Gasteiger partial charge in [0, 0.05) is 17.6 Å². The monoisotopic (exact) mass is 383 g/mol. The molecule has 0 bridgehead atoms. The Bertz CT molecular complexity index is 1140. The van der Waals surface area contributed by atoms with Crippen molar-refractivity contribution in [2.75, 3.05) is 0 Å².